The number of benzene rings is 2. The van der Waals surface area contributed by atoms with Crippen molar-refractivity contribution in [2.45, 2.75) is 43.1 Å². The number of carbonyl (C=O) groups excluding carboxylic acids is 2. The highest BCUT2D eigenvalue weighted by atomic mass is 19.4. The van der Waals surface area contributed by atoms with E-state index in [2.05, 4.69) is 15.4 Å². The van der Waals surface area contributed by atoms with Gasteiger partial charge >= 0.3 is 12.3 Å². The molecule has 0 spiro atoms. The predicted molar refractivity (Wildman–Crippen MR) is 126 cm³/mol. The Kier molecular flexibility index (Phi) is 7.93. The quantitative estimate of drug-likeness (QED) is 0.363. The molecule has 1 aliphatic heterocycles. The maximum absolute atomic E-state index is 13.5. The number of carbonyl (C=O) groups is 2. The minimum absolute atomic E-state index is 0.130. The summed E-state index contributed by atoms with van der Waals surface area (Å²) < 4.78 is 57.1. The van der Waals surface area contributed by atoms with Crippen LogP contribution in [0.4, 0.5) is 13.2 Å². The van der Waals surface area contributed by atoms with Crippen molar-refractivity contribution in [2.24, 2.45) is 0 Å². The van der Waals surface area contributed by atoms with Crippen molar-refractivity contribution in [3.05, 3.63) is 59.7 Å². The van der Waals surface area contributed by atoms with Crippen molar-refractivity contribution in [1.82, 2.24) is 10.6 Å². The second kappa shape index (κ2) is 11.0. The number of esters is 1. The average molecular weight is 523 g/mol. The molecule has 0 radical (unpaired) electrons. The van der Waals surface area contributed by atoms with Crippen molar-refractivity contribution < 1.29 is 41.7 Å². The van der Waals surface area contributed by atoms with E-state index in [0.717, 1.165) is 24.5 Å². The number of alkyl halides is 3. The first-order chi connectivity index (χ1) is 17.6. The van der Waals surface area contributed by atoms with Crippen LogP contribution in [0, 0.1) is 0 Å². The van der Waals surface area contributed by atoms with E-state index in [1.807, 2.05) is 12.1 Å². The van der Waals surface area contributed by atoms with Crippen LogP contribution in [0.25, 0.3) is 0 Å². The fourth-order valence-corrected chi connectivity index (χ4v) is 4.42. The van der Waals surface area contributed by atoms with E-state index in [4.69, 9.17) is 14.2 Å². The zero-order chi connectivity index (χ0) is 26.5. The van der Waals surface area contributed by atoms with E-state index < -0.39 is 23.4 Å². The van der Waals surface area contributed by atoms with E-state index in [1.54, 1.807) is 12.1 Å². The van der Waals surface area contributed by atoms with Crippen LogP contribution < -0.4 is 20.1 Å². The summed E-state index contributed by atoms with van der Waals surface area (Å²) in [5.41, 5.74) is -0.00936. The molecule has 11 heteroatoms. The molecule has 0 unspecified atom stereocenters. The molecule has 2 aromatic carbocycles. The molecular weight excluding hydrogens is 493 g/mol. The van der Waals surface area contributed by atoms with Gasteiger partial charge in [0.1, 0.15) is 23.6 Å². The Hall–Kier alpha value is -3.31. The highest BCUT2D eigenvalue weighted by molar-refractivity contribution is 5.89. The Labute approximate surface area is 212 Å². The molecule has 1 amide bonds. The topological polar surface area (TPSA) is 95.1 Å². The largest absolute Gasteiger partial charge is 0.573 e. The van der Waals surface area contributed by atoms with Gasteiger partial charge in [-0.1, -0.05) is 18.2 Å². The number of rotatable bonds is 10. The summed E-state index contributed by atoms with van der Waals surface area (Å²) in [4.78, 5) is 25.3. The molecule has 1 saturated carbocycles. The third-order valence-electron chi connectivity index (χ3n) is 6.62. The standard InChI is InChI=1S/C26H29F3N2O6/c1-34-22(32)18-5-7-19(8-6-18)24(9-10-24)31-23(33)25(11-14-35-15-12-25)30-13-16-36-20-3-2-4-21(17-20)37-26(27,28)29/h2-8,17,30H,9-16H2,1H3,(H,31,33). The van der Waals surface area contributed by atoms with Crippen molar-refractivity contribution in [3.63, 3.8) is 0 Å². The van der Waals surface area contributed by atoms with Crippen LogP contribution in [0.2, 0.25) is 0 Å². The minimum Gasteiger partial charge on any atom is -0.492 e. The summed E-state index contributed by atoms with van der Waals surface area (Å²) in [5, 5.41) is 6.51. The molecule has 0 bridgehead atoms. The van der Waals surface area contributed by atoms with Gasteiger partial charge in [0, 0.05) is 25.8 Å². The van der Waals surface area contributed by atoms with Crippen LogP contribution in [-0.4, -0.2) is 57.3 Å². The number of hydrogen-bond donors (Lipinski definition) is 2. The Balaban J connectivity index is 1.36. The number of nitrogens with one attached hydrogen (secondary N) is 2. The van der Waals surface area contributed by atoms with E-state index in [0.29, 0.717) is 38.2 Å². The first-order valence-electron chi connectivity index (χ1n) is 12.0. The zero-order valence-corrected chi connectivity index (χ0v) is 20.4. The highest BCUT2D eigenvalue weighted by Gasteiger charge is 2.50. The Bertz CT molecular complexity index is 1100. The summed E-state index contributed by atoms with van der Waals surface area (Å²) in [6, 6.07) is 12.3. The molecule has 2 N–H and O–H groups in total. The lowest BCUT2D eigenvalue weighted by molar-refractivity contribution is -0.274. The van der Waals surface area contributed by atoms with E-state index in [9.17, 15) is 22.8 Å². The maximum atomic E-state index is 13.5. The molecule has 0 aromatic heterocycles. The van der Waals surface area contributed by atoms with Gasteiger partial charge in [0.15, 0.2) is 0 Å². The summed E-state index contributed by atoms with van der Waals surface area (Å²) in [7, 11) is 1.32. The van der Waals surface area contributed by atoms with Gasteiger partial charge in [-0.25, -0.2) is 4.79 Å². The summed E-state index contributed by atoms with van der Waals surface area (Å²) in [6.07, 6.45) is -2.30. The molecule has 0 atom stereocenters. The molecule has 37 heavy (non-hydrogen) atoms. The molecule has 200 valence electrons. The third kappa shape index (κ3) is 6.72. The van der Waals surface area contributed by atoms with Crippen LogP contribution in [0.3, 0.4) is 0 Å². The second-order valence-corrected chi connectivity index (χ2v) is 9.10. The zero-order valence-electron chi connectivity index (χ0n) is 20.4. The Morgan fingerprint density at radius 3 is 2.30 bits per heavy atom. The van der Waals surface area contributed by atoms with Crippen molar-refractivity contribution >= 4 is 11.9 Å². The van der Waals surface area contributed by atoms with E-state index in [-0.39, 0.29) is 24.0 Å². The summed E-state index contributed by atoms with van der Waals surface area (Å²) in [5.74, 6) is -0.715. The molecule has 1 heterocycles. The molecular formula is C26H29F3N2O6. The number of methoxy groups -OCH3 is 1. The van der Waals surface area contributed by atoms with E-state index in [1.165, 1.54) is 25.3 Å². The van der Waals surface area contributed by atoms with Gasteiger partial charge in [0.25, 0.3) is 0 Å². The van der Waals surface area contributed by atoms with E-state index >= 15 is 0 Å². The third-order valence-corrected chi connectivity index (χ3v) is 6.62. The Morgan fingerprint density at radius 2 is 1.68 bits per heavy atom. The summed E-state index contributed by atoms with van der Waals surface area (Å²) >= 11 is 0. The fourth-order valence-electron chi connectivity index (χ4n) is 4.42. The minimum atomic E-state index is -4.79. The van der Waals surface area contributed by atoms with Gasteiger partial charge < -0.3 is 24.3 Å². The van der Waals surface area contributed by atoms with Gasteiger partial charge in [0.05, 0.1) is 18.2 Å². The normalized spacial score (nSPS) is 17.9. The first kappa shape index (κ1) is 26.7. The van der Waals surface area contributed by atoms with Gasteiger partial charge in [-0.3, -0.25) is 10.1 Å². The SMILES string of the molecule is COC(=O)c1ccc(C2(NC(=O)C3(NCCOc4cccc(OC(F)(F)F)c4)CCOCC3)CC2)cc1. The fraction of sp³-hybridized carbons (Fsp3) is 0.462. The lowest BCUT2D eigenvalue weighted by Crippen LogP contribution is -2.61. The molecule has 1 saturated heterocycles. The van der Waals surface area contributed by atoms with Crippen LogP contribution in [0.15, 0.2) is 48.5 Å². The molecule has 2 fully saturated rings. The van der Waals surface area contributed by atoms with Crippen LogP contribution in [0.5, 0.6) is 11.5 Å². The van der Waals surface area contributed by atoms with Crippen LogP contribution in [-0.2, 0) is 19.8 Å². The molecule has 4 rings (SSSR count). The second-order valence-electron chi connectivity index (χ2n) is 9.10. The monoisotopic (exact) mass is 522 g/mol. The lowest BCUT2D eigenvalue weighted by atomic mass is 9.88. The molecule has 8 nitrogen and oxygen atoms in total. The number of halogens is 3. The number of hydrogen-bond acceptors (Lipinski definition) is 7. The Morgan fingerprint density at radius 1 is 1.00 bits per heavy atom. The van der Waals surface area contributed by atoms with Crippen molar-refractivity contribution in [1.29, 1.82) is 0 Å². The number of ether oxygens (including phenoxy) is 4. The molecule has 2 aromatic rings. The predicted octanol–water partition coefficient (Wildman–Crippen LogP) is 3.69. The van der Waals surface area contributed by atoms with Crippen LogP contribution in [0.1, 0.15) is 41.6 Å². The smallest absolute Gasteiger partial charge is 0.492 e. The lowest BCUT2D eigenvalue weighted by Gasteiger charge is -2.38. The van der Waals surface area contributed by atoms with Crippen molar-refractivity contribution in [3.8, 4) is 11.5 Å². The van der Waals surface area contributed by atoms with Crippen molar-refractivity contribution in [2.75, 3.05) is 33.5 Å². The molecule has 2 aliphatic rings. The van der Waals surface area contributed by atoms with Crippen LogP contribution >= 0.6 is 0 Å². The maximum Gasteiger partial charge on any atom is 0.573 e. The summed E-state index contributed by atoms with van der Waals surface area (Å²) in [6.45, 7) is 1.25. The van der Waals surface area contributed by atoms with Gasteiger partial charge in [0.2, 0.25) is 5.91 Å². The van der Waals surface area contributed by atoms with Gasteiger partial charge in [-0.05, 0) is 55.5 Å². The van der Waals surface area contributed by atoms with Gasteiger partial charge in [-0.2, -0.15) is 0 Å². The molecule has 1 aliphatic carbocycles. The number of amides is 1. The average Bonchev–Trinajstić information content (AvgIpc) is 3.66. The first-order valence-corrected chi connectivity index (χ1v) is 12.0. The highest BCUT2D eigenvalue weighted by Crippen LogP contribution is 2.46. The van der Waals surface area contributed by atoms with Gasteiger partial charge in [-0.15, -0.1) is 13.2 Å².